The molecule has 1 fully saturated rings. The lowest BCUT2D eigenvalue weighted by molar-refractivity contribution is 0.546. The van der Waals surface area contributed by atoms with Gasteiger partial charge in [-0.05, 0) is 31.6 Å². The van der Waals surface area contributed by atoms with Gasteiger partial charge in [0.1, 0.15) is 0 Å². The number of nitrogens with two attached hydrogens (primary N) is 1. The van der Waals surface area contributed by atoms with E-state index in [1.54, 1.807) is 4.68 Å². The molecule has 1 aromatic rings. The van der Waals surface area contributed by atoms with E-state index < -0.39 is 0 Å². The van der Waals surface area contributed by atoms with E-state index in [9.17, 15) is 0 Å². The van der Waals surface area contributed by atoms with Crippen LogP contribution in [0.4, 0.5) is 0 Å². The maximum Gasteiger partial charge on any atom is 0.0827 e. The van der Waals surface area contributed by atoms with E-state index in [1.165, 1.54) is 12.8 Å². The maximum absolute atomic E-state index is 5.98. The Kier molecular flexibility index (Phi) is 2.31. The first kappa shape index (κ1) is 8.69. The summed E-state index contributed by atoms with van der Waals surface area (Å²) in [5, 5.41) is 7.91. The molecule has 1 aromatic heterocycles. The van der Waals surface area contributed by atoms with Gasteiger partial charge in [-0.3, -0.25) is 4.68 Å². The minimum Gasteiger partial charge on any atom is -0.327 e. The van der Waals surface area contributed by atoms with E-state index in [0.717, 1.165) is 24.5 Å². The summed E-state index contributed by atoms with van der Waals surface area (Å²) in [5.41, 5.74) is 7.03. The Labute approximate surface area is 78.1 Å². The topological polar surface area (TPSA) is 56.7 Å². The van der Waals surface area contributed by atoms with Crippen LogP contribution in [-0.2, 0) is 13.5 Å². The highest BCUT2D eigenvalue weighted by Gasteiger charge is 2.27. The Morgan fingerprint density at radius 3 is 3.00 bits per heavy atom. The third-order valence-electron chi connectivity index (χ3n) is 2.61. The second kappa shape index (κ2) is 3.46. The van der Waals surface area contributed by atoms with Crippen molar-refractivity contribution >= 4 is 0 Å². The summed E-state index contributed by atoms with van der Waals surface area (Å²) < 4.78 is 1.73. The molecule has 1 atom stereocenters. The van der Waals surface area contributed by atoms with Crippen molar-refractivity contribution in [2.24, 2.45) is 18.7 Å². The molecule has 0 radical (unpaired) electrons. The van der Waals surface area contributed by atoms with Crippen molar-refractivity contribution in [3.05, 3.63) is 11.9 Å². The first-order valence-electron chi connectivity index (χ1n) is 4.86. The lowest BCUT2D eigenvalue weighted by atomic mass is 10.1. The molecule has 0 aliphatic heterocycles. The average molecular weight is 180 g/mol. The van der Waals surface area contributed by atoms with Crippen LogP contribution < -0.4 is 5.73 Å². The maximum atomic E-state index is 5.98. The van der Waals surface area contributed by atoms with Gasteiger partial charge in [-0.25, -0.2) is 0 Å². The first-order chi connectivity index (χ1) is 6.25. The molecule has 13 heavy (non-hydrogen) atoms. The van der Waals surface area contributed by atoms with Gasteiger partial charge >= 0.3 is 0 Å². The number of hydrogen-bond donors (Lipinski definition) is 1. The standard InChI is InChI=1S/C9H16N4/c1-13-6-8(11-12-13)4-5-9(10)7-2-3-7/h6-7,9H,2-5,10H2,1H3. The minimum absolute atomic E-state index is 0.377. The molecular weight excluding hydrogens is 164 g/mol. The van der Waals surface area contributed by atoms with Crippen LogP contribution in [0.15, 0.2) is 6.20 Å². The van der Waals surface area contributed by atoms with Gasteiger partial charge in [0.2, 0.25) is 0 Å². The predicted octanol–water partition coefficient (Wildman–Crippen LogP) is 0.485. The molecule has 4 nitrogen and oxygen atoms in total. The molecule has 0 saturated heterocycles. The van der Waals surface area contributed by atoms with Crippen LogP contribution in [0, 0.1) is 5.92 Å². The van der Waals surface area contributed by atoms with Crippen molar-refractivity contribution in [3.63, 3.8) is 0 Å². The van der Waals surface area contributed by atoms with Crippen molar-refractivity contribution in [3.8, 4) is 0 Å². The lowest BCUT2D eigenvalue weighted by Gasteiger charge is -2.07. The van der Waals surface area contributed by atoms with Gasteiger partial charge < -0.3 is 5.73 Å². The van der Waals surface area contributed by atoms with Crippen LogP contribution in [0.1, 0.15) is 25.0 Å². The fourth-order valence-electron chi connectivity index (χ4n) is 1.58. The second-order valence-electron chi connectivity index (χ2n) is 3.92. The molecular formula is C9H16N4. The van der Waals surface area contributed by atoms with E-state index >= 15 is 0 Å². The van der Waals surface area contributed by atoms with E-state index in [2.05, 4.69) is 10.3 Å². The minimum atomic E-state index is 0.377. The summed E-state index contributed by atoms with van der Waals surface area (Å²) in [6.45, 7) is 0. The quantitative estimate of drug-likeness (QED) is 0.733. The summed E-state index contributed by atoms with van der Waals surface area (Å²) >= 11 is 0. The van der Waals surface area contributed by atoms with Crippen molar-refractivity contribution in [1.82, 2.24) is 15.0 Å². The molecule has 1 unspecified atom stereocenters. The van der Waals surface area contributed by atoms with Gasteiger partial charge in [0.25, 0.3) is 0 Å². The smallest absolute Gasteiger partial charge is 0.0827 e. The summed E-state index contributed by atoms with van der Waals surface area (Å²) in [6, 6.07) is 0.377. The Morgan fingerprint density at radius 2 is 2.46 bits per heavy atom. The Morgan fingerprint density at radius 1 is 1.69 bits per heavy atom. The first-order valence-corrected chi connectivity index (χ1v) is 4.86. The molecule has 1 heterocycles. The van der Waals surface area contributed by atoms with Crippen molar-refractivity contribution in [1.29, 1.82) is 0 Å². The third kappa shape index (κ3) is 2.28. The van der Waals surface area contributed by atoms with Gasteiger partial charge in [0.15, 0.2) is 0 Å². The van der Waals surface area contributed by atoms with Crippen LogP contribution in [0.2, 0.25) is 0 Å². The number of hydrogen-bond acceptors (Lipinski definition) is 3. The summed E-state index contributed by atoms with van der Waals surface area (Å²) in [7, 11) is 1.89. The van der Waals surface area contributed by atoms with Crippen LogP contribution in [-0.4, -0.2) is 21.0 Å². The summed E-state index contributed by atoms with van der Waals surface area (Å²) in [6.07, 6.45) is 6.61. The highest BCUT2D eigenvalue weighted by Crippen LogP contribution is 2.33. The average Bonchev–Trinajstić information content (AvgIpc) is 2.87. The Bertz CT molecular complexity index is 277. The van der Waals surface area contributed by atoms with Gasteiger partial charge in [-0.1, -0.05) is 5.21 Å². The molecule has 1 saturated carbocycles. The molecule has 1 aliphatic carbocycles. The zero-order chi connectivity index (χ0) is 9.26. The molecule has 2 N–H and O–H groups in total. The fourth-order valence-corrected chi connectivity index (χ4v) is 1.58. The molecule has 1 aliphatic rings. The number of aromatic nitrogens is 3. The normalized spacial score (nSPS) is 18.9. The molecule has 2 rings (SSSR count). The Balaban J connectivity index is 1.78. The van der Waals surface area contributed by atoms with E-state index in [4.69, 9.17) is 5.73 Å². The zero-order valence-electron chi connectivity index (χ0n) is 7.98. The highest BCUT2D eigenvalue weighted by atomic mass is 15.4. The van der Waals surface area contributed by atoms with Gasteiger partial charge in [-0.15, -0.1) is 5.10 Å². The number of nitrogens with zero attached hydrogens (tertiary/aromatic N) is 3. The van der Waals surface area contributed by atoms with E-state index in [-0.39, 0.29) is 0 Å². The predicted molar refractivity (Wildman–Crippen MR) is 50.0 cm³/mol. The SMILES string of the molecule is Cn1cc(CCC(N)C2CC2)nn1. The lowest BCUT2D eigenvalue weighted by Crippen LogP contribution is -2.22. The van der Waals surface area contributed by atoms with Crippen LogP contribution in [0.3, 0.4) is 0 Å². The van der Waals surface area contributed by atoms with Crippen LogP contribution in [0.5, 0.6) is 0 Å². The Hall–Kier alpha value is -0.900. The molecule has 0 spiro atoms. The van der Waals surface area contributed by atoms with Crippen molar-refractivity contribution in [2.45, 2.75) is 31.7 Å². The third-order valence-corrected chi connectivity index (χ3v) is 2.61. The molecule has 72 valence electrons. The molecule has 0 aromatic carbocycles. The van der Waals surface area contributed by atoms with Gasteiger partial charge in [-0.2, -0.15) is 0 Å². The number of rotatable bonds is 4. The summed E-state index contributed by atoms with van der Waals surface area (Å²) in [4.78, 5) is 0. The highest BCUT2D eigenvalue weighted by molar-refractivity contribution is 4.94. The molecule has 0 bridgehead atoms. The second-order valence-corrected chi connectivity index (χ2v) is 3.92. The largest absolute Gasteiger partial charge is 0.327 e. The van der Waals surface area contributed by atoms with Crippen molar-refractivity contribution in [2.75, 3.05) is 0 Å². The van der Waals surface area contributed by atoms with Crippen molar-refractivity contribution < 1.29 is 0 Å². The monoisotopic (exact) mass is 180 g/mol. The van der Waals surface area contributed by atoms with Gasteiger partial charge in [0, 0.05) is 19.3 Å². The number of aryl methyl sites for hydroxylation is 2. The van der Waals surface area contributed by atoms with Crippen LogP contribution in [0.25, 0.3) is 0 Å². The molecule has 0 amide bonds. The van der Waals surface area contributed by atoms with E-state index in [0.29, 0.717) is 6.04 Å². The zero-order valence-corrected chi connectivity index (χ0v) is 7.98. The fraction of sp³-hybridized carbons (Fsp3) is 0.778. The van der Waals surface area contributed by atoms with Crippen LogP contribution >= 0.6 is 0 Å². The summed E-state index contributed by atoms with van der Waals surface area (Å²) in [5.74, 6) is 0.789. The van der Waals surface area contributed by atoms with E-state index in [1.807, 2.05) is 13.2 Å². The van der Waals surface area contributed by atoms with Gasteiger partial charge in [0.05, 0.1) is 5.69 Å². The molecule has 4 heteroatoms.